The molecule has 0 unspecified atom stereocenters. The molecule has 0 radical (unpaired) electrons. The van der Waals surface area contributed by atoms with Crippen LogP contribution >= 0.6 is 23.4 Å². The lowest BCUT2D eigenvalue weighted by molar-refractivity contribution is -0.109. The molecule has 1 heterocycles. The molecule has 3 nitrogen and oxygen atoms in total. The van der Waals surface area contributed by atoms with Crippen LogP contribution in [0.25, 0.3) is 6.08 Å². The summed E-state index contributed by atoms with van der Waals surface area (Å²) >= 11 is 7.17. The van der Waals surface area contributed by atoms with Gasteiger partial charge in [-0.25, -0.2) is 4.98 Å². The number of pyridine rings is 1. The second-order valence-corrected chi connectivity index (χ2v) is 4.44. The monoisotopic (exact) mass is 242 g/mol. The van der Waals surface area contributed by atoms with Gasteiger partial charge in [0.2, 0.25) is 0 Å². The maximum atomic E-state index is 10.6. The first kappa shape index (κ1) is 12.1. The average molecular weight is 243 g/mol. The molecule has 2 N–H and O–H groups in total. The normalized spacial score (nSPS) is 10.8. The van der Waals surface area contributed by atoms with E-state index in [0.717, 1.165) is 5.56 Å². The Balaban J connectivity index is 2.60. The van der Waals surface area contributed by atoms with Gasteiger partial charge in [-0.05, 0) is 6.07 Å². The number of carbonyl (C=O) groups excluding carboxylic acids is 1. The topological polar surface area (TPSA) is 56.0 Å². The third-order valence-electron chi connectivity index (χ3n) is 1.58. The van der Waals surface area contributed by atoms with Gasteiger partial charge in [0.1, 0.15) is 5.82 Å². The van der Waals surface area contributed by atoms with Crippen molar-refractivity contribution in [2.75, 3.05) is 11.5 Å². The second kappa shape index (κ2) is 5.78. The van der Waals surface area contributed by atoms with Crippen LogP contribution in [0.15, 0.2) is 18.3 Å². The number of aromatic nitrogens is 1. The fourth-order valence-electron chi connectivity index (χ4n) is 0.919. The molecule has 1 rings (SSSR count). The second-order valence-electron chi connectivity index (χ2n) is 2.84. The maximum absolute atomic E-state index is 10.6. The Bertz CT molecular complexity index is 393. The Morgan fingerprint density at radius 2 is 2.47 bits per heavy atom. The highest BCUT2D eigenvalue weighted by molar-refractivity contribution is 8.13. The lowest BCUT2D eigenvalue weighted by atomic mass is 10.2. The Morgan fingerprint density at radius 1 is 1.73 bits per heavy atom. The van der Waals surface area contributed by atoms with Crippen molar-refractivity contribution in [3.05, 3.63) is 28.9 Å². The van der Waals surface area contributed by atoms with E-state index in [1.165, 1.54) is 18.7 Å². The average Bonchev–Trinajstić information content (AvgIpc) is 2.14. The van der Waals surface area contributed by atoms with Gasteiger partial charge in [-0.2, -0.15) is 0 Å². The molecule has 0 fully saturated rings. The van der Waals surface area contributed by atoms with Crippen molar-refractivity contribution in [1.82, 2.24) is 4.98 Å². The molecule has 0 amide bonds. The SMILES string of the molecule is CC(=O)SCC=Cc1cnc(N)cc1Cl. The Kier molecular flexibility index (Phi) is 4.65. The van der Waals surface area contributed by atoms with Crippen molar-refractivity contribution >= 4 is 40.4 Å². The number of hydrogen-bond donors (Lipinski definition) is 1. The molecule has 0 aliphatic rings. The zero-order valence-electron chi connectivity index (χ0n) is 8.24. The first-order valence-electron chi connectivity index (χ1n) is 4.30. The van der Waals surface area contributed by atoms with E-state index in [0.29, 0.717) is 16.6 Å². The first-order valence-corrected chi connectivity index (χ1v) is 5.67. The summed E-state index contributed by atoms with van der Waals surface area (Å²) in [7, 11) is 0. The molecule has 0 bridgehead atoms. The van der Waals surface area contributed by atoms with E-state index in [9.17, 15) is 4.79 Å². The van der Waals surface area contributed by atoms with Gasteiger partial charge in [-0.1, -0.05) is 35.5 Å². The van der Waals surface area contributed by atoms with E-state index in [1.54, 1.807) is 12.3 Å². The van der Waals surface area contributed by atoms with E-state index in [2.05, 4.69) is 4.98 Å². The fourth-order valence-corrected chi connectivity index (χ4v) is 1.57. The van der Waals surface area contributed by atoms with Gasteiger partial charge in [0.15, 0.2) is 5.12 Å². The number of halogens is 1. The molecule has 0 saturated heterocycles. The molecule has 5 heteroatoms. The number of carbonyl (C=O) groups is 1. The smallest absolute Gasteiger partial charge is 0.186 e. The molecule has 1 aromatic heterocycles. The Morgan fingerprint density at radius 3 is 3.07 bits per heavy atom. The number of thioether (sulfide) groups is 1. The van der Waals surface area contributed by atoms with Crippen LogP contribution in [0, 0.1) is 0 Å². The van der Waals surface area contributed by atoms with Crippen molar-refractivity contribution in [3.8, 4) is 0 Å². The lowest BCUT2D eigenvalue weighted by Gasteiger charge is -1.98. The summed E-state index contributed by atoms with van der Waals surface area (Å²) < 4.78 is 0. The zero-order valence-corrected chi connectivity index (χ0v) is 9.81. The summed E-state index contributed by atoms with van der Waals surface area (Å²) in [6, 6.07) is 1.60. The number of nitrogen functional groups attached to an aromatic ring is 1. The highest BCUT2D eigenvalue weighted by Gasteiger charge is 1.97. The van der Waals surface area contributed by atoms with E-state index in [4.69, 9.17) is 17.3 Å². The summed E-state index contributed by atoms with van der Waals surface area (Å²) in [4.78, 5) is 14.6. The molecule has 0 atom stereocenters. The quantitative estimate of drug-likeness (QED) is 0.885. The van der Waals surface area contributed by atoms with Crippen LogP contribution in [-0.2, 0) is 4.79 Å². The molecule has 0 aromatic carbocycles. The minimum atomic E-state index is 0.0983. The Hall–Kier alpha value is -1.00. The van der Waals surface area contributed by atoms with Gasteiger partial charge in [0.05, 0.1) is 5.02 Å². The minimum absolute atomic E-state index is 0.0983. The molecule has 1 aromatic rings. The first-order chi connectivity index (χ1) is 7.09. The molecule has 0 saturated carbocycles. The predicted molar refractivity (Wildman–Crippen MR) is 65.8 cm³/mol. The van der Waals surface area contributed by atoms with E-state index < -0.39 is 0 Å². The van der Waals surface area contributed by atoms with Crippen molar-refractivity contribution in [2.24, 2.45) is 0 Å². The standard InChI is InChI=1S/C10H11ClN2OS/c1-7(14)15-4-2-3-8-6-13-10(12)5-9(8)11/h2-3,5-6H,4H2,1H3,(H2,12,13). The summed E-state index contributed by atoms with van der Waals surface area (Å²) in [5, 5.41) is 0.660. The van der Waals surface area contributed by atoms with E-state index >= 15 is 0 Å². The summed E-state index contributed by atoms with van der Waals surface area (Å²) in [6.45, 7) is 1.54. The van der Waals surface area contributed by atoms with Crippen LogP contribution in [0.3, 0.4) is 0 Å². The van der Waals surface area contributed by atoms with Gasteiger partial charge < -0.3 is 5.73 Å². The van der Waals surface area contributed by atoms with Gasteiger partial charge in [-0.15, -0.1) is 0 Å². The van der Waals surface area contributed by atoms with Crippen molar-refractivity contribution < 1.29 is 4.79 Å². The zero-order chi connectivity index (χ0) is 11.3. The summed E-state index contributed by atoms with van der Waals surface area (Å²) in [6.07, 6.45) is 5.29. The molecule has 15 heavy (non-hydrogen) atoms. The number of nitrogens with zero attached hydrogens (tertiary/aromatic N) is 1. The van der Waals surface area contributed by atoms with Gasteiger partial charge >= 0.3 is 0 Å². The molecule has 0 aliphatic heterocycles. The van der Waals surface area contributed by atoms with Gasteiger partial charge in [-0.3, -0.25) is 4.79 Å². The minimum Gasteiger partial charge on any atom is -0.384 e. The van der Waals surface area contributed by atoms with Crippen molar-refractivity contribution in [2.45, 2.75) is 6.92 Å². The number of nitrogens with two attached hydrogens (primary N) is 1. The van der Waals surface area contributed by atoms with Crippen LogP contribution in [0.5, 0.6) is 0 Å². The van der Waals surface area contributed by atoms with Crippen LogP contribution in [-0.4, -0.2) is 15.9 Å². The molecule has 0 spiro atoms. The van der Waals surface area contributed by atoms with Crippen LogP contribution in [0.4, 0.5) is 5.82 Å². The number of hydrogen-bond acceptors (Lipinski definition) is 4. The fraction of sp³-hybridized carbons (Fsp3) is 0.200. The van der Waals surface area contributed by atoms with Crippen LogP contribution in [0.2, 0.25) is 5.02 Å². The van der Waals surface area contributed by atoms with Crippen LogP contribution in [0.1, 0.15) is 12.5 Å². The summed E-state index contributed by atoms with van der Waals surface area (Å²) in [5.74, 6) is 1.03. The third-order valence-corrected chi connectivity index (χ3v) is 2.68. The van der Waals surface area contributed by atoms with Gasteiger partial charge in [0, 0.05) is 24.4 Å². The highest BCUT2D eigenvalue weighted by Crippen LogP contribution is 2.18. The number of rotatable bonds is 3. The Labute approximate surface area is 97.7 Å². The molecule has 80 valence electrons. The predicted octanol–water partition coefficient (Wildman–Crippen LogP) is 2.61. The molecule has 0 aliphatic carbocycles. The van der Waals surface area contributed by atoms with E-state index in [-0.39, 0.29) is 5.12 Å². The van der Waals surface area contributed by atoms with Crippen LogP contribution < -0.4 is 5.73 Å². The summed E-state index contributed by atoms with van der Waals surface area (Å²) in [5.41, 5.74) is 6.25. The number of anilines is 1. The largest absolute Gasteiger partial charge is 0.384 e. The van der Waals surface area contributed by atoms with Crippen molar-refractivity contribution in [3.63, 3.8) is 0 Å². The molecular formula is C10H11ClN2OS. The van der Waals surface area contributed by atoms with E-state index in [1.807, 2.05) is 12.2 Å². The lowest BCUT2D eigenvalue weighted by Crippen LogP contribution is -1.90. The van der Waals surface area contributed by atoms with Gasteiger partial charge in [0.25, 0.3) is 0 Å². The molecular weight excluding hydrogens is 232 g/mol. The third kappa shape index (κ3) is 4.36. The maximum Gasteiger partial charge on any atom is 0.186 e. The van der Waals surface area contributed by atoms with Crippen molar-refractivity contribution in [1.29, 1.82) is 0 Å². The highest BCUT2D eigenvalue weighted by atomic mass is 35.5.